The highest BCUT2D eigenvalue weighted by atomic mass is 79.9. The summed E-state index contributed by atoms with van der Waals surface area (Å²) in [5.74, 6) is 0.867. The number of nitrogens with zero attached hydrogens (tertiary/aromatic N) is 3. The van der Waals surface area contributed by atoms with Gasteiger partial charge in [0.2, 0.25) is 0 Å². The Bertz CT molecular complexity index is 780. The van der Waals surface area contributed by atoms with Gasteiger partial charge < -0.3 is 4.90 Å². The van der Waals surface area contributed by atoms with E-state index in [1.165, 1.54) is 4.31 Å². The van der Waals surface area contributed by atoms with Gasteiger partial charge in [-0.25, -0.2) is 13.4 Å². The van der Waals surface area contributed by atoms with Crippen molar-refractivity contribution >= 4 is 54.7 Å². The number of sulfonamides is 1. The van der Waals surface area contributed by atoms with Crippen LogP contribution in [0, 0.1) is 0 Å². The molecule has 1 aliphatic heterocycles. The van der Waals surface area contributed by atoms with Crippen LogP contribution in [0.4, 0.5) is 5.82 Å². The van der Waals surface area contributed by atoms with Crippen LogP contribution in [-0.4, -0.2) is 43.9 Å². The Morgan fingerprint density at radius 2 is 1.96 bits per heavy atom. The highest BCUT2D eigenvalue weighted by molar-refractivity contribution is 9.10. The molecule has 9 heteroatoms. The molecule has 1 aliphatic rings. The van der Waals surface area contributed by atoms with Crippen LogP contribution in [-0.2, 0) is 10.0 Å². The van der Waals surface area contributed by atoms with E-state index in [0.29, 0.717) is 28.2 Å². The van der Waals surface area contributed by atoms with Gasteiger partial charge in [0.05, 0.1) is 4.34 Å². The van der Waals surface area contributed by atoms with Gasteiger partial charge in [-0.3, -0.25) is 0 Å². The van der Waals surface area contributed by atoms with Gasteiger partial charge in [-0.1, -0.05) is 11.6 Å². The SMILES string of the molecule is O=S(=O)(c1ccc(Cl)s1)N1CCCN(c2ccc(Br)cn2)CC1. The van der Waals surface area contributed by atoms with Crippen molar-refractivity contribution in [1.82, 2.24) is 9.29 Å². The molecule has 3 rings (SSSR count). The van der Waals surface area contributed by atoms with E-state index in [1.807, 2.05) is 12.1 Å². The summed E-state index contributed by atoms with van der Waals surface area (Å²) in [6.45, 7) is 2.35. The van der Waals surface area contributed by atoms with Crippen molar-refractivity contribution in [3.05, 3.63) is 39.3 Å². The van der Waals surface area contributed by atoms with Gasteiger partial charge in [0.25, 0.3) is 10.0 Å². The van der Waals surface area contributed by atoms with Crippen molar-refractivity contribution < 1.29 is 8.42 Å². The van der Waals surface area contributed by atoms with E-state index in [2.05, 4.69) is 25.8 Å². The zero-order valence-electron chi connectivity index (χ0n) is 12.2. The molecule has 1 fully saturated rings. The Morgan fingerprint density at radius 3 is 2.61 bits per heavy atom. The van der Waals surface area contributed by atoms with E-state index in [1.54, 1.807) is 18.3 Å². The van der Waals surface area contributed by atoms with Gasteiger partial charge in [0, 0.05) is 36.8 Å². The molecule has 3 heterocycles. The summed E-state index contributed by atoms with van der Waals surface area (Å²) in [4.78, 5) is 6.50. The van der Waals surface area contributed by atoms with Gasteiger partial charge in [-0.15, -0.1) is 11.3 Å². The number of anilines is 1. The Labute approximate surface area is 153 Å². The van der Waals surface area contributed by atoms with Crippen LogP contribution < -0.4 is 4.90 Å². The van der Waals surface area contributed by atoms with Crippen LogP contribution in [0.5, 0.6) is 0 Å². The Morgan fingerprint density at radius 1 is 1.13 bits per heavy atom. The van der Waals surface area contributed by atoms with E-state index in [4.69, 9.17) is 11.6 Å². The van der Waals surface area contributed by atoms with Crippen LogP contribution in [0.1, 0.15) is 6.42 Å². The van der Waals surface area contributed by atoms with Crippen molar-refractivity contribution in [1.29, 1.82) is 0 Å². The van der Waals surface area contributed by atoms with Crippen molar-refractivity contribution in [2.45, 2.75) is 10.6 Å². The monoisotopic (exact) mass is 435 g/mol. The maximum absolute atomic E-state index is 12.7. The van der Waals surface area contributed by atoms with Gasteiger partial charge >= 0.3 is 0 Å². The van der Waals surface area contributed by atoms with Crippen LogP contribution >= 0.6 is 38.9 Å². The summed E-state index contributed by atoms with van der Waals surface area (Å²) >= 11 is 10.3. The lowest BCUT2D eigenvalue weighted by Gasteiger charge is -2.22. The maximum Gasteiger partial charge on any atom is 0.252 e. The molecular weight excluding hydrogens is 422 g/mol. The highest BCUT2D eigenvalue weighted by Gasteiger charge is 2.28. The van der Waals surface area contributed by atoms with Crippen LogP contribution in [0.2, 0.25) is 4.34 Å². The van der Waals surface area contributed by atoms with Crippen molar-refractivity contribution in [3.8, 4) is 0 Å². The number of hydrogen-bond acceptors (Lipinski definition) is 5. The second-order valence-corrected chi connectivity index (χ2v) is 9.93. The Hall–Kier alpha value is -0.670. The fourth-order valence-corrected chi connectivity index (χ4v) is 5.82. The molecule has 23 heavy (non-hydrogen) atoms. The number of thiophene rings is 1. The zero-order valence-corrected chi connectivity index (χ0v) is 16.1. The third-order valence-electron chi connectivity index (χ3n) is 3.63. The normalized spacial score (nSPS) is 17.2. The van der Waals surface area contributed by atoms with Gasteiger partial charge in [0.15, 0.2) is 0 Å². The third-order valence-corrected chi connectivity index (χ3v) is 7.70. The Balaban J connectivity index is 1.74. The lowest BCUT2D eigenvalue weighted by Crippen LogP contribution is -2.35. The first-order valence-electron chi connectivity index (χ1n) is 7.09. The first-order chi connectivity index (χ1) is 11.0. The Kier molecular flexibility index (Phi) is 5.27. The molecule has 0 radical (unpaired) electrons. The molecule has 5 nitrogen and oxygen atoms in total. The number of hydrogen-bond donors (Lipinski definition) is 0. The predicted octanol–water partition coefficient (Wildman–Crippen LogP) is 3.46. The molecule has 0 amide bonds. The number of aromatic nitrogens is 1. The van der Waals surface area contributed by atoms with E-state index < -0.39 is 10.0 Å². The van der Waals surface area contributed by atoms with E-state index in [9.17, 15) is 8.42 Å². The predicted molar refractivity (Wildman–Crippen MR) is 96.9 cm³/mol. The number of rotatable bonds is 3. The molecule has 1 saturated heterocycles. The molecule has 0 aliphatic carbocycles. The van der Waals surface area contributed by atoms with Gasteiger partial charge in [-0.2, -0.15) is 4.31 Å². The van der Waals surface area contributed by atoms with E-state index in [-0.39, 0.29) is 0 Å². The molecule has 0 saturated carbocycles. The topological polar surface area (TPSA) is 53.5 Å². The lowest BCUT2D eigenvalue weighted by atomic mass is 10.3. The average Bonchev–Trinajstić information content (AvgIpc) is 2.82. The molecule has 0 unspecified atom stereocenters. The minimum absolute atomic E-state index is 0.303. The van der Waals surface area contributed by atoms with E-state index >= 15 is 0 Å². The summed E-state index contributed by atoms with van der Waals surface area (Å²) < 4.78 is 28.6. The minimum Gasteiger partial charge on any atom is -0.355 e. The molecule has 0 N–H and O–H groups in total. The van der Waals surface area contributed by atoms with Crippen LogP contribution in [0.25, 0.3) is 0 Å². The number of halogens is 2. The van der Waals surface area contributed by atoms with Gasteiger partial charge in [-0.05, 0) is 46.6 Å². The van der Waals surface area contributed by atoms with Gasteiger partial charge in [0.1, 0.15) is 10.0 Å². The molecular formula is C14H15BrClN3O2S2. The lowest BCUT2D eigenvalue weighted by molar-refractivity contribution is 0.434. The summed E-state index contributed by atoms with van der Waals surface area (Å²) in [6, 6.07) is 7.07. The summed E-state index contributed by atoms with van der Waals surface area (Å²) in [7, 11) is -3.46. The quantitative estimate of drug-likeness (QED) is 0.739. The van der Waals surface area contributed by atoms with E-state index in [0.717, 1.165) is 34.6 Å². The molecule has 0 bridgehead atoms. The average molecular weight is 437 g/mol. The molecule has 0 spiro atoms. The third kappa shape index (κ3) is 3.88. The fourth-order valence-electron chi connectivity index (χ4n) is 2.48. The van der Waals surface area contributed by atoms with Crippen LogP contribution in [0.15, 0.2) is 39.1 Å². The summed E-state index contributed by atoms with van der Waals surface area (Å²) in [5, 5.41) is 0. The van der Waals surface area contributed by atoms with Crippen molar-refractivity contribution in [3.63, 3.8) is 0 Å². The standard InChI is InChI=1S/C14H15BrClN3O2S2/c15-11-2-4-13(17-10-11)18-6-1-7-19(9-8-18)23(20,21)14-5-3-12(16)22-14/h2-5,10H,1,6-9H2. The maximum atomic E-state index is 12.7. The first kappa shape index (κ1) is 17.2. The summed E-state index contributed by atoms with van der Waals surface area (Å²) in [6.07, 6.45) is 2.51. The minimum atomic E-state index is -3.46. The molecule has 0 aromatic carbocycles. The molecule has 2 aromatic heterocycles. The van der Waals surface area contributed by atoms with Crippen molar-refractivity contribution in [2.75, 3.05) is 31.1 Å². The largest absolute Gasteiger partial charge is 0.355 e. The number of pyridine rings is 1. The second-order valence-electron chi connectivity index (χ2n) is 5.14. The smallest absolute Gasteiger partial charge is 0.252 e. The first-order valence-corrected chi connectivity index (χ1v) is 10.5. The fraction of sp³-hybridized carbons (Fsp3) is 0.357. The summed E-state index contributed by atoms with van der Waals surface area (Å²) in [5.41, 5.74) is 0. The second kappa shape index (κ2) is 7.06. The molecule has 124 valence electrons. The molecule has 2 aromatic rings. The van der Waals surface area contributed by atoms with Crippen molar-refractivity contribution in [2.24, 2.45) is 0 Å². The zero-order chi connectivity index (χ0) is 16.4. The molecule has 0 atom stereocenters. The highest BCUT2D eigenvalue weighted by Crippen LogP contribution is 2.29. The van der Waals surface area contributed by atoms with Crippen LogP contribution in [0.3, 0.4) is 0 Å².